The number of fused-ring (bicyclic) bond motifs is 1. The average Bonchev–Trinajstić information content (AvgIpc) is 3.06. The van der Waals surface area contributed by atoms with Crippen molar-refractivity contribution in [2.45, 2.75) is 6.61 Å². The van der Waals surface area contributed by atoms with E-state index >= 15 is 0 Å². The Morgan fingerprint density at radius 1 is 1.25 bits per heavy atom. The maximum absolute atomic E-state index is 12.0. The van der Waals surface area contributed by atoms with Crippen LogP contribution in [0.2, 0.25) is 0 Å². The molecule has 0 aliphatic rings. The first kappa shape index (κ1) is 13.1. The molecule has 2 heterocycles. The Bertz CT molecular complexity index is 722. The summed E-state index contributed by atoms with van der Waals surface area (Å²) in [5, 5.41) is 3.14. The number of hydrogen-bond acceptors (Lipinski definition) is 4. The zero-order valence-electron chi connectivity index (χ0n) is 10.7. The molecular formula is C16H12O2S2. The largest absolute Gasteiger partial charge is 0.457 e. The molecular weight excluding hydrogens is 288 g/mol. The summed E-state index contributed by atoms with van der Waals surface area (Å²) in [5.74, 6) is -0.258. The Labute approximate surface area is 124 Å². The van der Waals surface area contributed by atoms with Crippen LogP contribution < -0.4 is 0 Å². The highest BCUT2D eigenvalue weighted by molar-refractivity contribution is 7.38. The van der Waals surface area contributed by atoms with Crippen molar-refractivity contribution in [1.82, 2.24) is 0 Å². The standard InChI is InChI=1S/C16H12O2S2/c1-2-11-3-5-12(6-4-11)10-18-15(17)14-9-13-7-8-19-16(13)20-14/h2-9H,1,10H2. The van der Waals surface area contributed by atoms with Gasteiger partial charge in [-0.2, -0.15) is 0 Å². The van der Waals surface area contributed by atoms with Gasteiger partial charge in [-0.05, 0) is 28.6 Å². The van der Waals surface area contributed by atoms with Crippen LogP contribution in [-0.4, -0.2) is 5.97 Å². The molecule has 3 rings (SSSR count). The molecule has 0 aliphatic carbocycles. The molecule has 3 aromatic rings. The second-order valence-electron chi connectivity index (χ2n) is 4.30. The van der Waals surface area contributed by atoms with Gasteiger partial charge in [0.15, 0.2) is 0 Å². The van der Waals surface area contributed by atoms with Crippen LogP contribution in [-0.2, 0) is 11.3 Å². The van der Waals surface area contributed by atoms with Gasteiger partial charge in [0.1, 0.15) is 11.5 Å². The highest BCUT2D eigenvalue weighted by Crippen LogP contribution is 2.30. The lowest BCUT2D eigenvalue weighted by Crippen LogP contribution is -2.02. The number of esters is 1. The Morgan fingerprint density at radius 2 is 2.05 bits per heavy atom. The Hall–Kier alpha value is -1.91. The van der Waals surface area contributed by atoms with E-state index in [1.807, 2.05) is 41.8 Å². The molecule has 0 N–H and O–H groups in total. The quantitative estimate of drug-likeness (QED) is 0.636. The van der Waals surface area contributed by atoms with Crippen LogP contribution in [0, 0.1) is 0 Å². The number of carbonyl (C=O) groups is 1. The second kappa shape index (κ2) is 5.61. The van der Waals surface area contributed by atoms with Crippen LogP contribution in [0.25, 0.3) is 15.5 Å². The lowest BCUT2D eigenvalue weighted by molar-refractivity contribution is 0.0478. The maximum atomic E-state index is 12.0. The third-order valence-corrected chi connectivity index (χ3v) is 5.12. The molecule has 0 saturated carbocycles. The molecule has 0 amide bonds. The molecule has 0 atom stereocenters. The fourth-order valence-electron chi connectivity index (χ4n) is 1.84. The molecule has 1 aromatic carbocycles. The van der Waals surface area contributed by atoms with E-state index in [1.54, 1.807) is 17.4 Å². The SMILES string of the molecule is C=Cc1ccc(COC(=O)c2cc3ccsc3s2)cc1. The van der Waals surface area contributed by atoms with Gasteiger partial charge < -0.3 is 4.74 Å². The summed E-state index contributed by atoms with van der Waals surface area (Å²) in [6.45, 7) is 4.00. The minimum absolute atomic E-state index is 0.258. The number of rotatable bonds is 4. The summed E-state index contributed by atoms with van der Waals surface area (Å²) < 4.78 is 6.50. The van der Waals surface area contributed by atoms with Gasteiger partial charge >= 0.3 is 5.97 Å². The monoisotopic (exact) mass is 300 g/mol. The summed E-state index contributed by atoms with van der Waals surface area (Å²) in [7, 11) is 0. The number of thiophene rings is 2. The first-order valence-electron chi connectivity index (χ1n) is 6.12. The van der Waals surface area contributed by atoms with Crippen LogP contribution in [0.1, 0.15) is 20.8 Å². The van der Waals surface area contributed by atoms with Gasteiger partial charge in [0.2, 0.25) is 0 Å². The summed E-state index contributed by atoms with van der Waals surface area (Å²) in [4.78, 5) is 12.6. The van der Waals surface area contributed by atoms with E-state index in [0.29, 0.717) is 11.5 Å². The summed E-state index contributed by atoms with van der Waals surface area (Å²) in [6, 6.07) is 11.7. The van der Waals surface area contributed by atoms with Crippen molar-refractivity contribution in [3.8, 4) is 0 Å². The molecule has 0 unspecified atom stereocenters. The van der Waals surface area contributed by atoms with Crippen LogP contribution in [0.3, 0.4) is 0 Å². The van der Waals surface area contributed by atoms with Gasteiger partial charge in [-0.1, -0.05) is 36.9 Å². The maximum Gasteiger partial charge on any atom is 0.348 e. The van der Waals surface area contributed by atoms with Gasteiger partial charge in [0.25, 0.3) is 0 Å². The van der Waals surface area contributed by atoms with E-state index in [1.165, 1.54) is 11.3 Å². The average molecular weight is 300 g/mol. The molecule has 100 valence electrons. The number of hydrogen-bond donors (Lipinski definition) is 0. The summed E-state index contributed by atoms with van der Waals surface area (Å²) >= 11 is 3.13. The Kier molecular flexibility index (Phi) is 3.67. The van der Waals surface area contributed by atoms with E-state index in [-0.39, 0.29) is 5.97 Å². The third-order valence-electron chi connectivity index (χ3n) is 2.93. The second-order valence-corrected chi connectivity index (χ2v) is 6.52. The molecule has 20 heavy (non-hydrogen) atoms. The number of ether oxygens (including phenoxy) is 1. The topological polar surface area (TPSA) is 26.3 Å². The molecule has 4 heteroatoms. The van der Waals surface area contributed by atoms with Gasteiger partial charge in [-0.15, -0.1) is 22.7 Å². The normalized spacial score (nSPS) is 10.6. The number of benzene rings is 1. The highest BCUT2D eigenvalue weighted by Gasteiger charge is 2.12. The lowest BCUT2D eigenvalue weighted by Gasteiger charge is -2.03. The Balaban J connectivity index is 1.66. The van der Waals surface area contributed by atoms with Crippen molar-refractivity contribution in [1.29, 1.82) is 0 Å². The predicted molar refractivity (Wildman–Crippen MR) is 85.4 cm³/mol. The van der Waals surface area contributed by atoms with E-state index in [4.69, 9.17) is 4.74 Å². The molecule has 0 saturated heterocycles. The predicted octanol–water partition coefficient (Wildman–Crippen LogP) is 4.96. The smallest absolute Gasteiger partial charge is 0.348 e. The fraction of sp³-hybridized carbons (Fsp3) is 0.0625. The van der Waals surface area contributed by atoms with Crippen LogP contribution in [0.4, 0.5) is 0 Å². The molecule has 0 spiro atoms. The molecule has 0 fully saturated rings. The summed E-state index contributed by atoms with van der Waals surface area (Å²) in [5.41, 5.74) is 2.03. The number of carbonyl (C=O) groups excluding carboxylic acids is 1. The van der Waals surface area contributed by atoms with Crippen molar-refractivity contribution in [3.05, 3.63) is 64.4 Å². The first-order chi connectivity index (χ1) is 9.76. The van der Waals surface area contributed by atoms with Crippen LogP contribution >= 0.6 is 22.7 Å². The highest BCUT2D eigenvalue weighted by atomic mass is 32.2. The van der Waals surface area contributed by atoms with E-state index in [9.17, 15) is 4.79 Å². The third kappa shape index (κ3) is 2.66. The van der Waals surface area contributed by atoms with Crippen molar-refractivity contribution in [2.24, 2.45) is 0 Å². The minimum Gasteiger partial charge on any atom is -0.457 e. The van der Waals surface area contributed by atoms with Crippen molar-refractivity contribution < 1.29 is 9.53 Å². The fourth-order valence-corrected chi connectivity index (χ4v) is 3.84. The Morgan fingerprint density at radius 3 is 2.75 bits per heavy atom. The summed E-state index contributed by atoms with van der Waals surface area (Å²) in [6.07, 6.45) is 1.79. The van der Waals surface area contributed by atoms with E-state index in [0.717, 1.165) is 20.5 Å². The van der Waals surface area contributed by atoms with Crippen LogP contribution in [0.5, 0.6) is 0 Å². The van der Waals surface area contributed by atoms with Gasteiger partial charge in [0.05, 0.1) is 4.01 Å². The molecule has 0 radical (unpaired) electrons. The van der Waals surface area contributed by atoms with Crippen LogP contribution in [0.15, 0.2) is 48.4 Å². The van der Waals surface area contributed by atoms with Crippen molar-refractivity contribution in [2.75, 3.05) is 0 Å². The molecule has 2 aromatic heterocycles. The lowest BCUT2D eigenvalue weighted by atomic mass is 10.1. The van der Waals surface area contributed by atoms with Crippen molar-refractivity contribution in [3.63, 3.8) is 0 Å². The van der Waals surface area contributed by atoms with E-state index in [2.05, 4.69) is 6.58 Å². The van der Waals surface area contributed by atoms with Crippen molar-refractivity contribution >= 4 is 44.1 Å². The zero-order chi connectivity index (χ0) is 13.9. The first-order valence-corrected chi connectivity index (χ1v) is 7.81. The minimum atomic E-state index is -0.258. The van der Waals surface area contributed by atoms with Gasteiger partial charge in [0, 0.05) is 5.39 Å². The molecule has 2 nitrogen and oxygen atoms in total. The zero-order valence-corrected chi connectivity index (χ0v) is 12.3. The van der Waals surface area contributed by atoms with E-state index < -0.39 is 0 Å². The molecule has 0 bridgehead atoms. The van der Waals surface area contributed by atoms with Gasteiger partial charge in [-0.3, -0.25) is 0 Å². The molecule has 0 aliphatic heterocycles. The van der Waals surface area contributed by atoms with Gasteiger partial charge in [-0.25, -0.2) is 4.79 Å².